The molecule has 8 rings (SSSR count). The van der Waals surface area contributed by atoms with E-state index in [1.807, 2.05) is 0 Å². The number of hydrogen-bond donors (Lipinski definition) is 12. The molecular weight excluding hydrogens is 1020 g/mol. The molecule has 13 N–H and O–H groups in total. The lowest BCUT2D eigenvalue weighted by Crippen LogP contribution is -2.65. The van der Waals surface area contributed by atoms with Crippen LogP contribution in [0.2, 0.25) is 0 Å². The first-order valence-electron chi connectivity index (χ1n) is 23.6. The van der Waals surface area contributed by atoms with Gasteiger partial charge in [0.2, 0.25) is 19.2 Å². The van der Waals surface area contributed by atoms with Crippen molar-refractivity contribution < 1.29 is 118 Å². The van der Waals surface area contributed by atoms with Crippen molar-refractivity contribution in [2.75, 3.05) is 26.9 Å². The number of rotatable bonds is 17. The Hall–Kier alpha value is -7.21. The van der Waals surface area contributed by atoms with E-state index < -0.39 is 129 Å². The number of methoxy groups -OCH3 is 1. The number of benzene rings is 4. The Morgan fingerprint density at radius 1 is 0.597 bits per heavy atom. The minimum absolute atomic E-state index is 0.00583. The first kappa shape index (κ1) is 56.0. The number of aliphatic hydroxyl groups excluding tert-OH is 9. The monoisotopic (exact) mass is 1080 g/mol. The van der Waals surface area contributed by atoms with Crippen molar-refractivity contribution in [3.05, 3.63) is 118 Å². The second-order valence-corrected chi connectivity index (χ2v) is 17.9. The van der Waals surface area contributed by atoms with Crippen LogP contribution in [0, 0.1) is 0 Å². The first-order valence-corrected chi connectivity index (χ1v) is 23.6. The van der Waals surface area contributed by atoms with Gasteiger partial charge in [0.05, 0.1) is 25.4 Å². The SMILES string of the molecule is COc1cc(C=CC(=O)OC[C@H]2O[C@@H](Oc3cc4c(O[C@@H]5O[C@H](CO)[C@@H](O)[C@H](O)[C@H]5O)cc(=O)cc-4oc3-c3ccc(O)cc3)[C@H](O[C@@H]3O[C@H](COC(=[OH+])C=Cc4ccc(O)cc4)[C@@H](O)[C@H](O)[C@H]3O)[C@@H](O)[C@@H]2O)ccc1O. The molecule has 0 radical (unpaired) electrons. The van der Waals surface area contributed by atoms with Crippen LogP contribution in [0.15, 0.2) is 106 Å². The second-order valence-electron chi connectivity index (χ2n) is 17.9. The summed E-state index contributed by atoms with van der Waals surface area (Å²) in [5, 5.41) is 128. The smallest absolute Gasteiger partial charge is 0.508 e. The van der Waals surface area contributed by atoms with E-state index >= 15 is 0 Å². The van der Waals surface area contributed by atoms with Crippen molar-refractivity contribution >= 4 is 24.1 Å². The minimum Gasteiger partial charge on any atom is -0.508 e. The molecule has 3 aromatic carbocycles. The molecule has 77 heavy (non-hydrogen) atoms. The molecule has 0 spiro atoms. The number of carbonyl (C=O) groups is 1. The molecule has 4 heterocycles. The van der Waals surface area contributed by atoms with E-state index in [-0.39, 0.29) is 57.1 Å². The van der Waals surface area contributed by atoms with Crippen LogP contribution in [-0.4, -0.2) is 197 Å². The first-order chi connectivity index (χ1) is 36.8. The summed E-state index contributed by atoms with van der Waals surface area (Å²) in [6.45, 7) is -2.25. The third-order valence-electron chi connectivity index (χ3n) is 12.6. The average Bonchev–Trinajstić information content (AvgIpc) is 3.46. The summed E-state index contributed by atoms with van der Waals surface area (Å²) >= 11 is 0. The summed E-state index contributed by atoms with van der Waals surface area (Å²) in [6.07, 6.45) is -23.2. The molecule has 0 amide bonds. The molecule has 5 aliphatic rings. The third-order valence-corrected chi connectivity index (χ3v) is 12.6. The van der Waals surface area contributed by atoms with Gasteiger partial charge in [-0.25, -0.2) is 4.79 Å². The van der Waals surface area contributed by atoms with Crippen molar-refractivity contribution in [3.8, 4) is 57.1 Å². The lowest BCUT2D eigenvalue weighted by molar-refractivity contribution is -0.357. The van der Waals surface area contributed by atoms with Crippen LogP contribution in [0.3, 0.4) is 0 Å². The molecule has 3 aromatic rings. The summed E-state index contributed by atoms with van der Waals surface area (Å²) in [4.78, 5) is 36.7. The Balaban J connectivity index is 1.12. The highest BCUT2D eigenvalue weighted by Gasteiger charge is 2.53. The van der Waals surface area contributed by atoms with E-state index in [0.29, 0.717) is 11.1 Å². The number of aliphatic hydroxyl groups is 9. The molecule has 25 nitrogen and oxygen atoms in total. The zero-order valence-corrected chi connectivity index (χ0v) is 40.4. The molecule has 0 bridgehead atoms. The summed E-state index contributed by atoms with van der Waals surface area (Å²) < 4.78 is 58.0. The van der Waals surface area contributed by atoms with E-state index in [1.165, 1.54) is 79.9 Å². The van der Waals surface area contributed by atoms with Gasteiger partial charge in [-0.05, 0) is 77.9 Å². The zero-order valence-electron chi connectivity index (χ0n) is 40.4. The van der Waals surface area contributed by atoms with Gasteiger partial charge in [-0.3, -0.25) is 4.79 Å². The molecule has 15 atom stereocenters. The lowest BCUT2D eigenvalue weighted by atomic mass is 9.97. The Morgan fingerprint density at radius 3 is 1.84 bits per heavy atom. The predicted molar refractivity (Wildman–Crippen MR) is 261 cm³/mol. The fraction of sp³-hybridized carbons (Fsp3) is 0.365. The predicted octanol–water partition coefficient (Wildman–Crippen LogP) is -0.777. The number of esters is 2. The number of phenols is 3. The minimum atomic E-state index is -2.11. The highest BCUT2D eigenvalue weighted by atomic mass is 16.8. The molecule has 1 aliphatic carbocycles. The Labute approximate surface area is 435 Å². The molecule has 0 aromatic heterocycles. The Kier molecular flexibility index (Phi) is 17.8. The van der Waals surface area contributed by atoms with Gasteiger partial charge in [-0.15, -0.1) is 0 Å². The average molecular weight is 1080 g/mol. The molecule has 412 valence electrons. The number of ether oxygens (including phenoxy) is 9. The molecule has 3 fully saturated rings. The van der Waals surface area contributed by atoms with Gasteiger partial charge in [0, 0.05) is 23.8 Å². The van der Waals surface area contributed by atoms with Crippen LogP contribution in [0.25, 0.3) is 34.8 Å². The summed E-state index contributed by atoms with van der Waals surface area (Å²) in [5.74, 6) is -2.96. The van der Waals surface area contributed by atoms with E-state index in [1.54, 1.807) is 12.1 Å². The quantitative estimate of drug-likeness (QED) is 0.0309. The second kappa shape index (κ2) is 24.4. The molecule has 0 unspecified atom stereocenters. The van der Waals surface area contributed by atoms with Crippen LogP contribution in [0.1, 0.15) is 11.1 Å². The van der Waals surface area contributed by atoms with E-state index in [9.17, 15) is 75.7 Å². The van der Waals surface area contributed by atoms with Crippen LogP contribution in [0.5, 0.6) is 34.5 Å². The van der Waals surface area contributed by atoms with Crippen molar-refractivity contribution in [1.29, 1.82) is 0 Å². The van der Waals surface area contributed by atoms with Gasteiger partial charge >= 0.3 is 11.9 Å². The number of fused-ring (bicyclic) bond motifs is 1. The molecule has 25 heteroatoms. The third kappa shape index (κ3) is 13.0. The van der Waals surface area contributed by atoms with Gasteiger partial charge in [-0.1, -0.05) is 18.2 Å². The van der Waals surface area contributed by atoms with Crippen molar-refractivity contribution in [2.24, 2.45) is 0 Å². The van der Waals surface area contributed by atoms with Crippen molar-refractivity contribution in [2.45, 2.75) is 92.1 Å². The van der Waals surface area contributed by atoms with Gasteiger partial charge in [0.15, 0.2) is 40.8 Å². The summed E-state index contributed by atoms with van der Waals surface area (Å²) in [6, 6.07) is 18.7. The lowest BCUT2D eigenvalue weighted by Gasteiger charge is -2.45. The number of aromatic hydroxyl groups is 3. The van der Waals surface area contributed by atoms with Crippen molar-refractivity contribution in [1.82, 2.24) is 0 Å². The fourth-order valence-corrected chi connectivity index (χ4v) is 8.32. The van der Waals surface area contributed by atoms with E-state index in [0.717, 1.165) is 24.3 Å². The molecule has 4 aliphatic heterocycles. The maximum absolute atomic E-state index is 13.1. The maximum atomic E-state index is 13.1. The topological polar surface area (TPSA) is 395 Å². The Morgan fingerprint density at radius 2 is 1.17 bits per heavy atom. The highest BCUT2D eigenvalue weighted by Crippen LogP contribution is 2.43. The van der Waals surface area contributed by atoms with Crippen LogP contribution in [-0.2, 0) is 33.2 Å². The number of carbonyl (C=O) groups excluding carboxylic acids is 2. The molecular formula is C52H55O25+. The van der Waals surface area contributed by atoms with Gasteiger partial charge in [-0.2, -0.15) is 0 Å². The highest BCUT2D eigenvalue weighted by molar-refractivity contribution is 5.88. The van der Waals surface area contributed by atoms with Gasteiger partial charge < -0.3 is 113 Å². The van der Waals surface area contributed by atoms with Crippen LogP contribution >= 0.6 is 0 Å². The largest absolute Gasteiger partial charge is 0.510 e. The van der Waals surface area contributed by atoms with Crippen molar-refractivity contribution in [3.63, 3.8) is 0 Å². The van der Waals surface area contributed by atoms with Crippen LogP contribution in [0.4, 0.5) is 0 Å². The summed E-state index contributed by atoms with van der Waals surface area (Å²) in [7, 11) is 1.33. The molecule has 3 saturated heterocycles. The maximum Gasteiger partial charge on any atom is 0.510 e. The zero-order chi connectivity index (χ0) is 55.2. The van der Waals surface area contributed by atoms with Crippen LogP contribution < -0.4 is 19.6 Å². The molecule has 0 saturated carbocycles. The van der Waals surface area contributed by atoms with E-state index in [2.05, 4.69) is 0 Å². The fourth-order valence-electron chi connectivity index (χ4n) is 8.32. The normalized spacial score (nSPS) is 29.6. The summed E-state index contributed by atoms with van der Waals surface area (Å²) in [5.41, 5.74) is 0.349. The number of phenolic OH excluding ortho intramolecular Hbond substituents is 3. The Bertz CT molecular complexity index is 2900. The standard InChI is InChI=1S/C52H54O25/c1-68-33-16-24(4-13-30(33)57)6-15-39(59)70-22-37-42(62)45(65)49(77-51-47(67)44(64)41(61)36(75-51)21-69-38(58)14-5-23-2-9-26(54)10-3-23)52(76-37)73-34-19-29-31(71-48(34)25-7-11-27(55)12-8-25)17-28(56)18-32(29)72-50-46(66)43(63)40(60)35(20-53)74-50/h2-19,35-37,40-47,49-55,57,60-67H,20-22H2,1H3/p+1/t35-,36-,37-,40-,41-,42-,43+,44+,45+,46-,47-,49-,50-,51+,52-/m1/s1. The van der Waals surface area contributed by atoms with Gasteiger partial charge in [0.1, 0.15) is 96.8 Å². The number of hydrogen-bond acceptors (Lipinski definition) is 24. The van der Waals surface area contributed by atoms with E-state index in [4.69, 9.17) is 47.0 Å². The van der Waals surface area contributed by atoms with Gasteiger partial charge in [0.25, 0.3) is 0 Å².